The van der Waals surface area contributed by atoms with Gasteiger partial charge in [0.2, 0.25) is 5.91 Å². The molecule has 0 spiro atoms. The molecule has 2 heterocycles. The molecule has 5 nitrogen and oxygen atoms in total. The Morgan fingerprint density at radius 3 is 2.26 bits per heavy atom. The number of benzene rings is 3. The second-order valence-corrected chi connectivity index (χ2v) is 10.9. The number of piperidine rings is 1. The summed E-state index contributed by atoms with van der Waals surface area (Å²) in [5.74, 6) is 0.471. The van der Waals surface area contributed by atoms with Crippen LogP contribution in [0.2, 0.25) is 0 Å². The first-order valence-corrected chi connectivity index (χ1v) is 14.3. The van der Waals surface area contributed by atoms with E-state index in [9.17, 15) is 9.90 Å². The van der Waals surface area contributed by atoms with Gasteiger partial charge in [0.05, 0.1) is 0 Å². The van der Waals surface area contributed by atoms with Crippen molar-refractivity contribution in [3.63, 3.8) is 0 Å². The van der Waals surface area contributed by atoms with E-state index in [0.29, 0.717) is 24.9 Å². The van der Waals surface area contributed by atoms with Crippen molar-refractivity contribution in [2.45, 2.75) is 44.1 Å². The Morgan fingerprint density at radius 1 is 0.949 bits per heavy atom. The third-order valence-corrected chi connectivity index (χ3v) is 8.62. The fourth-order valence-corrected chi connectivity index (χ4v) is 6.58. The summed E-state index contributed by atoms with van der Waals surface area (Å²) in [7, 11) is 0. The molecule has 1 aromatic heterocycles. The first kappa shape index (κ1) is 25.4. The Balaban J connectivity index is 1.16. The van der Waals surface area contributed by atoms with Crippen molar-refractivity contribution in [1.29, 1.82) is 0 Å². The van der Waals surface area contributed by atoms with Gasteiger partial charge >= 0.3 is 0 Å². The summed E-state index contributed by atoms with van der Waals surface area (Å²) in [5.41, 5.74) is 3.82. The number of allylic oxidation sites excluding steroid dienone is 1. The van der Waals surface area contributed by atoms with E-state index in [1.807, 2.05) is 30.3 Å². The van der Waals surface area contributed by atoms with Crippen molar-refractivity contribution in [2.24, 2.45) is 0 Å². The Kier molecular flexibility index (Phi) is 7.01. The zero-order valence-electron chi connectivity index (χ0n) is 22.6. The van der Waals surface area contributed by atoms with Crippen LogP contribution in [0.15, 0.2) is 91.1 Å². The monoisotopic (exact) mass is 519 g/mol. The van der Waals surface area contributed by atoms with Gasteiger partial charge in [-0.15, -0.1) is 0 Å². The van der Waals surface area contributed by atoms with Crippen LogP contribution in [-0.2, 0) is 10.2 Å². The van der Waals surface area contributed by atoms with Gasteiger partial charge in [0.25, 0.3) is 0 Å². The molecular formula is C34H37N3O2. The number of carbonyl (C=O) groups is 1. The van der Waals surface area contributed by atoms with Crippen LogP contribution in [0.5, 0.6) is 5.88 Å². The van der Waals surface area contributed by atoms with Gasteiger partial charge in [0, 0.05) is 49.2 Å². The molecule has 0 radical (unpaired) electrons. The SMILES string of the molecule is CCCNC(=O)C1(CC=CCN2CCC(n3cc4ccccc4c3O)CC2)c2ccccc2-c2ccccc21. The van der Waals surface area contributed by atoms with Gasteiger partial charge < -0.3 is 15.0 Å². The molecule has 1 fully saturated rings. The summed E-state index contributed by atoms with van der Waals surface area (Å²) >= 11 is 0. The van der Waals surface area contributed by atoms with Gasteiger partial charge in [-0.3, -0.25) is 9.69 Å². The molecule has 4 aromatic rings. The molecule has 0 unspecified atom stereocenters. The van der Waals surface area contributed by atoms with Gasteiger partial charge in [-0.1, -0.05) is 85.8 Å². The van der Waals surface area contributed by atoms with Gasteiger partial charge in [-0.05, 0) is 54.0 Å². The van der Waals surface area contributed by atoms with E-state index >= 15 is 0 Å². The summed E-state index contributed by atoms with van der Waals surface area (Å²) in [5, 5.41) is 16.0. The normalized spacial score (nSPS) is 16.9. The van der Waals surface area contributed by atoms with Gasteiger partial charge in [0.1, 0.15) is 5.41 Å². The van der Waals surface area contributed by atoms with Crippen LogP contribution in [0.25, 0.3) is 21.9 Å². The fraction of sp³-hybridized carbons (Fsp3) is 0.324. The highest BCUT2D eigenvalue weighted by Gasteiger charge is 2.47. The number of nitrogens with one attached hydrogen (secondary N) is 1. The van der Waals surface area contributed by atoms with Crippen LogP contribution >= 0.6 is 0 Å². The maximum absolute atomic E-state index is 13.8. The Hall–Kier alpha value is -3.83. The van der Waals surface area contributed by atoms with Crippen LogP contribution < -0.4 is 5.32 Å². The summed E-state index contributed by atoms with van der Waals surface area (Å²) in [6.07, 6.45) is 10.1. The predicted molar refractivity (Wildman–Crippen MR) is 158 cm³/mol. The summed E-state index contributed by atoms with van der Waals surface area (Å²) in [6.45, 7) is 5.60. The van der Waals surface area contributed by atoms with Gasteiger partial charge in [0.15, 0.2) is 5.88 Å². The number of aromatic nitrogens is 1. The lowest BCUT2D eigenvalue weighted by molar-refractivity contribution is -0.125. The molecular weight excluding hydrogens is 482 g/mol. The first-order chi connectivity index (χ1) is 19.1. The number of hydrogen-bond acceptors (Lipinski definition) is 3. The van der Waals surface area contributed by atoms with Crippen LogP contribution in [0.3, 0.4) is 0 Å². The number of rotatable bonds is 8. The zero-order chi connectivity index (χ0) is 26.8. The van der Waals surface area contributed by atoms with Gasteiger partial charge in [-0.2, -0.15) is 0 Å². The first-order valence-electron chi connectivity index (χ1n) is 14.3. The standard InChI is InChI=1S/C34H37N3O2/c1-2-20-35-33(39)34(30-15-7-5-13-28(30)29-14-6-8-16-31(29)34)19-9-10-21-36-22-17-26(18-23-36)37-24-25-11-3-4-12-27(25)32(37)38/h3-16,24,26,38H,2,17-23H2,1H3,(H,35,39). The van der Waals surface area contributed by atoms with Crippen molar-refractivity contribution < 1.29 is 9.90 Å². The third-order valence-electron chi connectivity index (χ3n) is 8.62. The Bertz CT molecular complexity index is 1460. The average molecular weight is 520 g/mol. The molecule has 2 N–H and O–H groups in total. The van der Waals surface area contributed by atoms with Crippen molar-refractivity contribution in [2.75, 3.05) is 26.2 Å². The number of aromatic hydroxyl groups is 1. The molecule has 1 saturated heterocycles. The van der Waals surface area contributed by atoms with E-state index in [4.69, 9.17) is 0 Å². The number of fused-ring (bicyclic) bond motifs is 4. The van der Waals surface area contributed by atoms with E-state index in [1.165, 1.54) is 0 Å². The average Bonchev–Trinajstić information content (AvgIpc) is 3.47. The highest BCUT2D eigenvalue weighted by atomic mass is 16.3. The molecule has 6 rings (SSSR count). The fourth-order valence-electron chi connectivity index (χ4n) is 6.58. The minimum atomic E-state index is -0.709. The van der Waals surface area contributed by atoms with E-state index in [2.05, 4.69) is 82.5 Å². The summed E-state index contributed by atoms with van der Waals surface area (Å²) < 4.78 is 2.06. The lowest BCUT2D eigenvalue weighted by Gasteiger charge is -2.32. The largest absolute Gasteiger partial charge is 0.494 e. The Labute approximate surface area is 230 Å². The molecule has 0 atom stereocenters. The zero-order valence-corrected chi connectivity index (χ0v) is 22.6. The number of carbonyl (C=O) groups excluding carboxylic acids is 1. The Morgan fingerprint density at radius 2 is 1.59 bits per heavy atom. The minimum Gasteiger partial charge on any atom is -0.494 e. The maximum atomic E-state index is 13.8. The van der Waals surface area contributed by atoms with Crippen molar-refractivity contribution >= 4 is 16.7 Å². The second-order valence-electron chi connectivity index (χ2n) is 10.9. The van der Waals surface area contributed by atoms with Gasteiger partial charge in [-0.25, -0.2) is 0 Å². The second kappa shape index (κ2) is 10.7. The van der Waals surface area contributed by atoms with Crippen LogP contribution in [0.4, 0.5) is 0 Å². The van der Waals surface area contributed by atoms with Crippen LogP contribution in [0.1, 0.15) is 49.8 Å². The highest BCUT2D eigenvalue weighted by molar-refractivity contribution is 6.00. The van der Waals surface area contributed by atoms with E-state index in [0.717, 1.165) is 71.9 Å². The highest BCUT2D eigenvalue weighted by Crippen LogP contribution is 2.51. The number of hydrogen-bond donors (Lipinski definition) is 2. The van der Waals surface area contributed by atoms with Crippen molar-refractivity contribution in [3.05, 3.63) is 102 Å². The quantitative estimate of drug-likeness (QED) is 0.264. The lowest BCUT2D eigenvalue weighted by atomic mass is 9.74. The molecule has 1 amide bonds. The van der Waals surface area contributed by atoms with Crippen LogP contribution in [-0.4, -0.2) is 46.7 Å². The smallest absolute Gasteiger partial charge is 0.235 e. The molecule has 1 aliphatic heterocycles. The number of likely N-dealkylation sites (tertiary alicyclic amines) is 1. The topological polar surface area (TPSA) is 57.5 Å². The van der Waals surface area contributed by atoms with E-state index < -0.39 is 5.41 Å². The molecule has 200 valence electrons. The molecule has 39 heavy (non-hydrogen) atoms. The predicted octanol–water partition coefficient (Wildman–Crippen LogP) is 6.42. The minimum absolute atomic E-state index is 0.0890. The van der Waals surface area contributed by atoms with E-state index in [-0.39, 0.29) is 5.91 Å². The number of nitrogens with zero attached hydrogens (tertiary/aromatic N) is 2. The molecule has 1 aliphatic carbocycles. The molecule has 5 heteroatoms. The molecule has 2 aliphatic rings. The van der Waals surface area contributed by atoms with Crippen molar-refractivity contribution in [3.8, 4) is 17.0 Å². The third kappa shape index (κ3) is 4.45. The van der Waals surface area contributed by atoms with E-state index in [1.54, 1.807) is 0 Å². The summed E-state index contributed by atoms with van der Waals surface area (Å²) in [6, 6.07) is 25.1. The summed E-state index contributed by atoms with van der Waals surface area (Å²) in [4.78, 5) is 16.3. The number of amides is 1. The molecule has 0 saturated carbocycles. The molecule has 0 bridgehead atoms. The maximum Gasteiger partial charge on any atom is 0.235 e. The van der Waals surface area contributed by atoms with Crippen molar-refractivity contribution in [1.82, 2.24) is 14.8 Å². The molecule has 3 aromatic carbocycles. The lowest BCUT2D eigenvalue weighted by Crippen LogP contribution is -2.44. The van der Waals surface area contributed by atoms with Crippen LogP contribution in [0, 0.1) is 0 Å².